The summed E-state index contributed by atoms with van der Waals surface area (Å²) in [5, 5.41) is 1.61. The minimum Gasteiger partial charge on any atom is -0.455 e. The lowest BCUT2D eigenvalue weighted by atomic mass is 10.1. The van der Waals surface area contributed by atoms with Crippen LogP contribution in [0.5, 0.6) is 0 Å². The van der Waals surface area contributed by atoms with Gasteiger partial charge in [0.05, 0.1) is 21.3 Å². The first kappa shape index (κ1) is 15.7. The van der Waals surface area contributed by atoms with Gasteiger partial charge in [-0.15, -0.1) is 11.3 Å². The fourth-order valence-electron chi connectivity index (χ4n) is 2.83. The van der Waals surface area contributed by atoms with Gasteiger partial charge in [-0.2, -0.15) is 0 Å². The second-order valence-corrected chi connectivity index (χ2v) is 7.10. The Morgan fingerprint density at radius 2 is 1.88 bits per heavy atom. The lowest BCUT2D eigenvalue weighted by Crippen LogP contribution is -2.07. The highest BCUT2D eigenvalue weighted by atomic mass is 32.1. The molecule has 0 saturated heterocycles. The molecule has 0 amide bonds. The third-order valence-electron chi connectivity index (χ3n) is 3.98. The van der Waals surface area contributed by atoms with Gasteiger partial charge in [0.2, 0.25) is 0 Å². The molecule has 0 aliphatic carbocycles. The first-order valence-electron chi connectivity index (χ1n) is 8.00. The number of esters is 1. The summed E-state index contributed by atoms with van der Waals surface area (Å²) < 4.78 is 6.62. The molecule has 0 spiro atoms. The van der Waals surface area contributed by atoms with E-state index in [0.717, 1.165) is 37.4 Å². The minimum absolute atomic E-state index is 0.173. The highest BCUT2D eigenvalue weighted by molar-refractivity contribution is 7.18. The molecule has 4 nitrogen and oxygen atoms in total. The molecule has 0 aliphatic rings. The van der Waals surface area contributed by atoms with Gasteiger partial charge in [0, 0.05) is 11.1 Å². The number of benzene rings is 2. The predicted molar refractivity (Wildman–Crippen MR) is 100.0 cm³/mol. The Morgan fingerprint density at radius 1 is 1.04 bits per heavy atom. The van der Waals surface area contributed by atoms with E-state index in [4.69, 9.17) is 4.74 Å². The Hall–Kier alpha value is -2.79. The fourth-order valence-corrected chi connectivity index (χ4v) is 3.71. The second kappa shape index (κ2) is 6.26. The van der Waals surface area contributed by atoms with Gasteiger partial charge in [0.15, 0.2) is 0 Å². The SMILES string of the molecule is Cc1ccc2nc(C)cc(C(=O)OCc3nc4ccccc4s3)c2c1. The summed E-state index contributed by atoms with van der Waals surface area (Å²) in [5.74, 6) is -0.347. The van der Waals surface area contributed by atoms with Crippen LogP contribution in [0.4, 0.5) is 0 Å². The highest BCUT2D eigenvalue weighted by Crippen LogP contribution is 2.24. The largest absolute Gasteiger partial charge is 0.455 e. The Kier molecular flexibility index (Phi) is 3.93. The van der Waals surface area contributed by atoms with Crippen LogP contribution in [0.1, 0.15) is 26.6 Å². The Labute approximate surface area is 149 Å². The van der Waals surface area contributed by atoms with E-state index in [1.54, 1.807) is 17.4 Å². The summed E-state index contributed by atoms with van der Waals surface area (Å²) >= 11 is 1.54. The first-order valence-corrected chi connectivity index (χ1v) is 8.81. The zero-order chi connectivity index (χ0) is 17.4. The van der Waals surface area contributed by atoms with Crippen LogP contribution in [0.2, 0.25) is 0 Å². The predicted octanol–water partition coefficient (Wildman–Crippen LogP) is 4.82. The zero-order valence-electron chi connectivity index (χ0n) is 13.9. The number of fused-ring (bicyclic) bond motifs is 2. The normalized spacial score (nSPS) is 11.1. The van der Waals surface area contributed by atoms with Crippen molar-refractivity contribution in [1.82, 2.24) is 9.97 Å². The maximum atomic E-state index is 12.6. The van der Waals surface area contributed by atoms with Crippen molar-refractivity contribution in [1.29, 1.82) is 0 Å². The number of carbonyl (C=O) groups excluding carboxylic acids is 1. The van der Waals surface area contributed by atoms with E-state index in [-0.39, 0.29) is 12.6 Å². The highest BCUT2D eigenvalue weighted by Gasteiger charge is 2.15. The average Bonchev–Trinajstić information content (AvgIpc) is 3.02. The molecule has 0 radical (unpaired) electrons. The minimum atomic E-state index is -0.347. The van der Waals surface area contributed by atoms with E-state index < -0.39 is 0 Å². The van der Waals surface area contributed by atoms with Crippen LogP contribution in [0.3, 0.4) is 0 Å². The monoisotopic (exact) mass is 348 g/mol. The molecule has 124 valence electrons. The molecule has 2 aromatic carbocycles. The Balaban J connectivity index is 1.62. The maximum Gasteiger partial charge on any atom is 0.339 e. The van der Waals surface area contributed by atoms with Gasteiger partial charge >= 0.3 is 5.97 Å². The Bertz CT molecular complexity index is 1070. The van der Waals surface area contributed by atoms with E-state index in [0.29, 0.717) is 5.56 Å². The van der Waals surface area contributed by atoms with Gasteiger partial charge in [0.1, 0.15) is 11.6 Å². The number of aromatic nitrogens is 2. The molecule has 0 atom stereocenters. The van der Waals surface area contributed by atoms with Gasteiger partial charge in [-0.1, -0.05) is 23.8 Å². The van der Waals surface area contributed by atoms with Gasteiger partial charge in [-0.25, -0.2) is 9.78 Å². The second-order valence-electron chi connectivity index (χ2n) is 5.98. The Morgan fingerprint density at radius 3 is 2.72 bits per heavy atom. The molecule has 2 heterocycles. The standard InChI is InChI=1S/C20H16N2O2S/c1-12-7-8-16-14(9-12)15(10-13(2)21-16)20(23)24-11-19-22-17-5-3-4-6-18(17)25-19/h3-10H,11H2,1-2H3. The van der Waals surface area contributed by atoms with E-state index in [1.807, 2.05) is 56.3 Å². The van der Waals surface area contributed by atoms with Crippen LogP contribution in [0.25, 0.3) is 21.1 Å². The molecule has 4 rings (SSSR count). The molecule has 0 unspecified atom stereocenters. The number of ether oxygens (including phenoxy) is 1. The smallest absolute Gasteiger partial charge is 0.339 e. The molecule has 0 saturated carbocycles. The number of aryl methyl sites for hydroxylation is 2. The molecular weight excluding hydrogens is 332 g/mol. The lowest BCUT2D eigenvalue weighted by molar-refractivity contribution is 0.0475. The number of thiazole rings is 1. The van der Waals surface area contributed by atoms with Gasteiger partial charge in [-0.3, -0.25) is 4.98 Å². The number of pyridine rings is 1. The van der Waals surface area contributed by atoms with Gasteiger partial charge < -0.3 is 4.74 Å². The van der Waals surface area contributed by atoms with Crippen molar-refractivity contribution in [3.05, 3.63) is 70.4 Å². The number of hydrogen-bond acceptors (Lipinski definition) is 5. The quantitative estimate of drug-likeness (QED) is 0.498. The number of rotatable bonds is 3. The number of carbonyl (C=O) groups is 1. The van der Waals surface area contributed by atoms with Crippen molar-refractivity contribution in [3.63, 3.8) is 0 Å². The van der Waals surface area contributed by atoms with E-state index in [9.17, 15) is 4.79 Å². The summed E-state index contributed by atoms with van der Waals surface area (Å²) in [7, 11) is 0. The van der Waals surface area contributed by atoms with Crippen LogP contribution in [-0.2, 0) is 11.3 Å². The summed E-state index contributed by atoms with van der Waals surface area (Å²) in [6, 6.07) is 15.6. The summed E-state index contributed by atoms with van der Waals surface area (Å²) in [6.45, 7) is 4.05. The molecule has 0 N–H and O–H groups in total. The van der Waals surface area contributed by atoms with Crippen LogP contribution < -0.4 is 0 Å². The molecule has 0 aliphatic heterocycles. The first-order chi connectivity index (χ1) is 12.1. The van der Waals surface area contributed by atoms with Crippen LogP contribution in [0, 0.1) is 13.8 Å². The third kappa shape index (κ3) is 3.10. The van der Waals surface area contributed by atoms with Crippen LogP contribution in [0.15, 0.2) is 48.5 Å². The lowest BCUT2D eigenvalue weighted by Gasteiger charge is -2.08. The van der Waals surface area contributed by atoms with E-state index >= 15 is 0 Å². The molecule has 2 aromatic heterocycles. The van der Waals surface area contributed by atoms with E-state index in [1.165, 1.54) is 0 Å². The zero-order valence-corrected chi connectivity index (χ0v) is 14.8. The third-order valence-corrected chi connectivity index (χ3v) is 4.99. The van der Waals surface area contributed by atoms with Crippen molar-refractivity contribution < 1.29 is 9.53 Å². The molecule has 4 aromatic rings. The van der Waals surface area contributed by atoms with Gasteiger partial charge in [-0.05, 0) is 44.2 Å². The van der Waals surface area contributed by atoms with E-state index in [2.05, 4.69) is 9.97 Å². The van der Waals surface area contributed by atoms with Crippen molar-refractivity contribution in [2.24, 2.45) is 0 Å². The van der Waals surface area contributed by atoms with Gasteiger partial charge in [0.25, 0.3) is 0 Å². The number of nitrogens with zero attached hydrogens (tertiary/aromatic N) is 2. The fraction of sp³-hybridized carbons (Fsp3) is 0.150. The molecular formula is C20H16N2O2S. The average molecular weight is 348 g/mol. The molecule has 0 fully saturated rings. The molecule has 0 bridgehead atoms. The summed E-state index contributed by atoms with van der Waals surface area (Å²) in [5.41, 5.74) is 4.16. The summed E-state index contributed by atoms with van der Waals surface area (Å²) in [4.78, 5) is 21.6. The van der Waals surface area contributed by atoms with Crippen molar-refractivity contribution in [2.75, 3.05) is 0 Å². The summed E-state index contributed by atoms with van der Waals surface area (Å²) in [6.07, 6.45) is 0. The number of para-hydroxylation sites is 1. The van der Waals surface area contributed by atoms with Crippen LogP contribution >= 0.6 is 11.3 Å². The maximum absolute atomic E-state index is 12.6. The van der Waals surface area contributed by atoms with Crippen molar-refractivity contribution >= 4 is 38.4 Å². The molecule has 5 heteroatoms. The van der Waals surface area contributed by atoms with Crippen molar-refractivity contribution in [2.45, 2.75) is 20.5 Å². The number of hydrogen-bond donors (Lipinski definition) is 0. The van der Waals surface area contributed by atoms with Crippen molar-refractivity contribution in [3.8, 4) is 0 Å². The molecule has 25 heavy (non-hydrogen) atoms. The van der Waals surface area contributed by atoms with Crippen LogP contribution in [-0.4, -0.2) is 15.9 Å². The topological polar surface area (TPSA) is 52.1 Å².